The summed E-state index contributed by atoms with van der Waals surface area (Å²) < 4.78 is 1.92. The molecule has 23 heavy (non-hydrogen) atoms. The summed E-state index contributed by atoms with van der Waals surface area (Å²) >= 11 is 11.6. The van der Waals surface area contributed by atoms with Crippen molar-refractivity contribution in [1.82, 2.24) is 19.9 Å². The Morgan fingerprint density at radius 3 is 2.87 bits per heavy atom. The zero-order valence-electron chi connectivity index (χ0n) is 12.8. The molecule has 0 saturated heterocycles. The van der Waals surface area contributed by atoms with E-state index in [4.69, 9.17) is 23.8 Å². The van der Waals surface area contributed by atoms with Gasteiger partial charge in [-0.1, -0.05) is 23.7 Å². The van der Waals surface area contributed by atoms with Crippen molar-refractivity contribution in [2.45, 2.75) is 20.4 Å². The van der Waals surface area contributed by atoms with Gasteiger partial charge in [0, 0.05) is 6.20 Å². The monoisotopic (exact) mass is 345 g/mol. The highest BCUT2D eigenvalue weighted by molar-refractivity contribution is 7.80. The quantitative estimate of drug-likeness (QED) is 0.712. The standard InChI is InChI=1S/C16H16ClN5S/c1-10-7-11(2)15(12(17)8-10)19-16(23)18-9-14-21-20-13-5-3-4-6-22(13)14/h3-8H,9H2,1-2H3,(H2,18,19,23). The summed E-state index contributed by atoms with van der Waals surface area (Å²) in [7, 11) is 0. The number of benzene rings is 1. The molecule has 7 heteroatoms. The van der Waals surface area contributed by atoms with Gasteiger partial charge in [-0.25, -0.2) is 0 Å². The SMILES string of the molecule is Cc1cc(C)c(NC(=S)NCc2nnc3ccccn23)c(Cl)c1. The van der Waals surface area contributed by atoms with Crippen LogP contribution in [-0.4, -0.2) is 19.7 Å². The molecule has 0 unspecified atom stereocenters. The van der Waals surface area contributed by atoms with Crippen molar-refractivity contribution >= 4 is 40.3 Å². The molecule has 0 aliphatic carbocycles. The van der Waals surface area contributed by atoms with Gasteiger partial charge in [-0.15, -0.1) is 10.2 Å². The predicted octanol–water partition coefficient (Wildman–Crippen LogP) is 3.49. The van der Waals surface area contributed by atoms with Crippen LogP contribution in [0, 0.1) is 13.8 Å². The first-order valence-corrected chi connectivity index (χ1v) is 7.93. The van der Waals surface area contributed by atoms with Crippen LogP contribution in [0.1, 0.15) is 17.0 Å². The van der Waals surface area contributed by atoms with Crippen molar-refractivity contribution in [3.8, 4) is 0 Å². The Hall–Kier alpha value is -2.18. The molecule has 0 saturated carbocycles. The first-order valence-electron chi connectivity index (χ1n) is 7.15. The topological polar surface area (TPSA) is 54.2 Å². The minimum Gasteiger partial charge on any atom is -0.355 e. The molecule has 0 atom stereocenters. The second-order valence-electron chi connectivity index (χ2n) is 5.29. The lowest BCUT2D eigenvalue weighted by Crippen LogP contribution is -2.29. The van der Waals surface area contributed by atoms with E-state index in [1.807, 2.05) is 48.7 Å². The smallest absolute Gasteiger partial charge is 0.171 e. The van der Waals surface area contributed by atoms with Crippen LogP contribution >= 0.6 is 23.8 Å². The van der Waals surface area contributed by atoms with Gasteiger partial charge in [0.15, 0.2) is 16.6 Å². The zero-order valence-corrected chi connectivity index (χ0v) is 14.4. The third-order valence-electron chi connectivity index (χ3n) is 3.46. The normalized spacial score (nSPS) is 10.7. The highest BCUT2D eigenvalue weighted by atomic mass is 35.5. The van der Waals surface area contributed by atoms with Gasteiger partial charge in [-0.3, -0.25) is 4.40 Å². The first kappa shape index (κ1) is 15.7. The number of nitrogens with zero attached hydrogens (tertiary/aromatic N) is 3. The van der Waals surface area contributed by atoms with E-state index < -0.39 is 0 Å². The van der Waals surface area contributed by atoms with Crippen LogP contribution in [0.25, 0.3) is 5.65 Å². The van der Waals surface area contributed by atoms with E-state index in [2.05, 4.69) is 26.9 Å². The molecule has 2 N–H and O–H groups in total. The lowest BCUT2D eigenvalue weighted by Gasteiger charge is -2.14. The Balaban J connectivity index is 1.69. The Morgan fingerprint density at radius 1 is 1.26 bits per heavy atom. The maximum absolute atomic E-state index is 6.28. The van der Waals surface area contributed by atoms with Crippen molar-refractivity contribution in [3.05, 3.63) is 58.5 Å². The van der Waals surface area contributed by atoms with Crippen molar-refractivity contribution < 1.29 is 0 Å². The Morgan fingerprint density at radius 2 is 2.09 bits per heavy atom. The number of halogens is 1. The van der Waals surface area contributed by atoms with Crippen LogP contribution < -0.4 is 10.6 Å². The maximum atomic E-state index is 6.28. The molecule has 2 heterocycles. The number of anilines is 1. The molecule has 0 bridgehead atoms. The summed E-state index contributed by atoms with van der Waals surface area (Å²) in [5, 5.41) is 15.7. The summed E-state index contributed by atoms with van der Waals surface area (Å²) in [6.45, 7) is 4.48. The van der Waals surface area contributed by atoms with Crippen LogP contribution in [0.5, 0.6) is 0 Å². The number of thiocarbonyl (C=S) groups is 1. The molecule has 0 aliphatic rings. The predicted molar refractivity (Wildman–Crippen MR) is 97.0 cm³/mol. The molecule has 0 fully saturated rings. The number of pyridine rings is 1. The molecular weight excluding hydrogens is 330 g/mol. The number of nitrogens with one attached hydrogen (secondary N) is 2. The Kier molecular flexibility index (Phi) is 4.45. The molecule has 2 aromatic heterocycles. The molecule has 1 aromatic carbocycles. The van der Waals surface area contributed by atoms with Gasteiger partial charge in [0.25, 0.3) is 0 Å². The van der Waals surface area contributed by atoms with E-state index in [1.54, 1.807) is 0 Å². The summed E-state index contributed by atoms with van der Waals surface area (Å²) in [5.74, 6) is 0.788. The fourth-order valence-corrected chi connectivity index (χ4v) is 2.95. The molecule has 5 nitrogen and oxygen atoms in total. The van der Waals surface area contributed by atoms with E-state index in [0.717, 1.165) is 28.3 Å². The van der Waals surface area contributed by atoms with Crippen molar-refractivity contribution in [2.24, 2.45) is 0 Å². The van der Waals surface area contributed by atoms with Crippen LogP contribution in [0.2, 0.25) is 5.02 Å². The van der Waals surface area contributed by atoms with Gasteiger partial charge in [0.05, 0.1) is 17.3 Å². The summed E-state index contributed by atoms with van der Waals surface area (Å²) in [4.78, 5) is 0. The summed E-state index contributed by atoms with van der Waals surface area (Å²) in [6.07, 6.45) is 1.92. The molecule has 0 radical (unpaired) electrons. The largest absolute Gasteiger partial charge is 0.355 e. The minimum absolute atomic E-state index is 0.472. The fourth-order valence-electron chi connectivity index (χ4n) is 2.40. The molecule has 0 aliphatic heterocycles. The third kappa shape index (κ3) is 3.43. The van der Waals surface area contributed by atoms with Gasteiger partial charge >= 0.3 is 0 Å². The molecule has 118 valence electrons. The van der Waals surface area contributed by atoms with Gasteiger partial charge in [-0.2, -0.15) is 0 Å². The lowest BCUT2D eigenvalue weighted by atomic mass is 10.1. The van der Waals surface area contributed by atoms with Crippen LogP contribution in [0.15, 0.2) is 36.5 Å². The second-order valence-corrected chi connectivity index (χ2v) is 6.11. The minimum atomic E-state index is 0.472. The Bertz CT molecular complexity index is 851. The van der Waals surface area contributed by atoms with Crippen molar-refractivity contribution in [2.75, 3.05) is 5.32 Å². The number of aromatic nitrogens is 3. The average molecular weight is 346 g/mol. The fraction of sp³-hybridized carbons (Fsp3) is 0.188. The van der Waals surface area contributed by atoms with E-state index in [0.29, 0.717) is 16.7 Å². The van der Waals surface area contributed by atoms with Gasteiger partial charge in [0.2, 0.25) is 0 Å². The number of hydrogen-bond acceptors (Lipinski definition) is 3. The highest BCUT2D eigenvalue weighted by Crippen LogP contribution is 2.27. The van der Waals surface area contributed by atoms with Crippen molar-refractivity contribution in [1.29, 1.82) is 0 Å². The number of fused-ring (bicyclic) bond motifs is 1. The van der Waals surface area contributed by atoms with E-state index in [1.165, 1.54) is 0 Å². The number of hydrogen-bond donors (Lipinski definition) is 2. The number of rotatable bonds is 3. The maximum Gasteiger partial charge on any atom is 0.171 e. The second kappa shape index (κ2) is 6.52. The molecular formula is C16H16ClN5S. The third-order valence-corrected chi connectivity index (χ3v) is 4.01. The summed E-state index contributed by atoms with van der Waals surface area (Å²) in [5.41, 5.74) is 3.79. The summed E-state index contributed by atoms with van der Waals surface area (Å²) in [6, 6.07) is 9.73. The Labute approximate surface area is 144 Å². The van der Waals surface area contributed by atoms with E-state index >= 15 is 0 Å². The molecule has 0 spiro atoms. The molecule has 3 rings (SSSR count). The lowest BCUT2D eigenvalue weighted by molar-refractivity contribution is 0.813. The number of aryl methyl sites for hydroxylation is 2. The highest BCUT2D eigenvalue weighted by Gasteiger charge is 2.09. The average Bonchev–Trinajstić information content (AvgIpc) is 2.92. The van der Waals surface area contributed by atoms with E-state index in [9.17, 15) is 0 Å². The van der Waals surface area contributed by atoms with Gasteiger partial charge in [-0.05, 0) is 55.4 Å². The van der Waals surface area contributed by atoms with E-state index in [-0.39, 0.29) is 0 Å². The molecule has 3 aromatic rings. The van der Waals surface area contributed by atoms with Crippen LogP contribution in [0.4, 0.5) is 5.69 Å². The van der Waals surface area contributed by atoms with Crippen LogP contribution in [-0.2, 0) is 6.54 Å². The first-order chi connectivity index (χ1) is 11.0. The zero-order chi connectivity index (χ0) is 16.4. The van der Waals surface area contributed by atoms with Gasteiger partial charge < -0.3 is 10.6 Å². The van der Waals surface area contributed by atoms with Gasteiger partial charge in [0.1, 0.15) is 0 Å². The van der Waals surface area contributed by atoms with Crippen molar-refractivity contribution in [3.63, 3.8) is 0 Å². The molecule has 0 amide bonds. The van der Waals surface area contributed by atoms with Crippen LogP contribution in [0.3, 0.4) is 0 Å².